The van der Waals surface area contributed by atoms with Gasteiger partial charge in [-0.2, -0.15) is 0 Å². The van der Waals surface area contributed by atoms with Gasteiger partial charge in [-0.3, -0.25) is 4.79 Å². The van der Waals surface area contributed by atoms with Gasteiger partial charge in [0, 0.05) is 29.7 Å². The predicted octanol–water partition coefficient (Wildman–Crippen LogP) is 1.30. The van der Waals surface area contributed by atoms with E-state index in [1.165, 1.54) is 10.9 Å². The lowest BCUT2D eigenvalue weighted by molar-refractivity contribution is -0.120. The zero-order chi connectivity index (χ0) is 18.5. The number of carbonyl (C=O) groups excluding carboxylic acids is 2. The van der Waals surface area contributed by atoms with Gasteiger partial charge in [0.15, 0.2) is 0 Å². The Morgan fingerprint density at radius 2 is 2.04 bits per heavy atom. The van der Waals surface area contributed by atoms with E-state index < -0.39 is 0 Å². The number of urea groups is 1. The van der Waals surface area contributed by atoms with E-state index >= 15 is 0 Å². The summed E-state index contributed by atoms with van der Waals surface area (Å²) in [6.45, 7) is 2.75. The van der Waals surface area contributed by atoms with Crippen LogP contribution in [0.25, 0.3) is 10.9 Å². The van der Waals surface area contributed by atoms with Crippen LogP contribution in [0.2, 0.25) is 0 Å². The van der Waals surface area contributed by atoms with Crippen molar-refractivity contribution in [3.8, 4) is 0 Å². The van der Waals surface area contributed by atoms with Crippen LogP contribution in [0.3, 0.4) is 0 Å². The Morgan fingerprint density at radius 1 is 1.23 bits per heavy atom. The minimum Gasteiger partial charge on any atom is -0.357 e. The first-order valence-corrected chi connectivity index (χ1v) is 9.07. The van der Waals surface area contributed by atoms with E-state index in [4.69, 9.17) is 0 Å². The molecule has 0 radical (unpaired) electrons. The van der Waals surface area contributed by atoms with Gasteiger partial charge in [-0.15, -0.1) is 0 Å². The number of nitrogens with one attached hydrogen (secondary N) is 3. The maximum absolute atomic E-state index is 12.4. The second kappa shape index (κ2) is 8.23. The Bertz CT molecular complexity index is 783. The summed E-state index contributed by atoms with van der Waals surface area (Å²) in [4.78, 5) is 31.4. The van der Waals surface area contributed by atoms with E-state index in [-0.39, 0.29) is 18.5 Å². The Kier molecular flexibility index (Phi) is 5.78. The topological polar surface area (TPSA) is 80.5 Å². The van der Waals surface area contributed by atoms with Crippen LogP contribution in [0.5, 0.6) is 0 Å². The van der Waals surface area contributed by atoms with Crippen LogP contribution in [0, 0.1) is 0 Å². The summed E-state index contributed by atoms with van der Waals surface area (Å²) in [5.74, 6) is -0.152. The summed E-state index contributed by atoms with van der Waals surface area (Å²) in [7, 11) is 4.00. The molecule has 1 aromatic heterocycles. The molecule has 0 unspecified atom stereocenters. The van der Waals surface area contributed by atoms with Crippen LogP contribution in [-0.4, -0.2) is 67.0 Å². The molecular weight excluding hydrogens is 330 g/mol. The van der Waals surface area contributed by atoms with Gasteiger partial charge in [0.25, 0.3) is 0 Å². The van der Waals surface area contributed by atoms with Crippen molar-refractivity contribution in [3.63, 3.8) is 0 Å². The van der Waals surface area contributed by atoms with Crippen molar-refractivity contribution in [1.82, 2.24) is 25.4 Å². The fraction of sp³-hybridized carbons (Fsp3) is 0.474. The molecule has 7 nitrogen and oxygen atoms in total. The van der Waals surface area contributed by atoms with Gasteiger partial charge in [0.2, 0.25) is 5.91 Å². The fourth-order valence-electron chi connectivity index (χ4n) is 3.32. The number of H-pyrrole nitrogens is 1. The normalized spacial score (nSPS) is 13.7. The third-order valence-corrected chi connectivity index (χ3v) is 4.67. The van der Waals surface area contributed by atoms with Crippen molar-refractivity contribution in [3.05, 3.63) is 35.5 Å². The number of para-hydroxylation sites is 1. The molecule has 2 heterocycles. The Morgan fingerprint density at radius 3 is 2.85 bits per heavy atom. The molecule has 26 heavy (non-hydrogen) atoms. The monoisotopic (exact) mass is 357 g/mol. The molecular formula is C19H27N5O2. The lowest BCUT2D eigenvalue weighted by Gasteiger charge is -2.27. The minimum atomic E-state index is -0.197. The number of nitrogens with zero attached hydrogens (tertiary/aromatic N) is 2. The van der Waals surface area contributed by atoms with E-state index in [9.17, 15) is 9.59 Å². The highest BCUT2D eigenvalue weighted by molar-refractivity contribution is 5.86. The number of rotatable bonds is 6. The van der Waals surface area contributed by atoms with Gasteiger partial charge in [0.1, 0.15) is 0 Å². The summed E-state index contributed by atoms with van der Waals surface area (Å²) in [6.07, 6.45) is 1.71. The lowest BCUT2D eigenvalue weighted by atomic mass is 10.0. The molecule has 0 saturated heterocycles. The van der Waals surface area contributed by atoms with E-state index in [1.807, 2.05) is 26.2 Å². The number of hydrogen-bond donors (Lipinski definition) is 3. The van der Waals surface area contributed by atoms with Crippen molar-refractivity contribution >= 4 is 22.8 Å². The zero-order valence-electron chi connectivity index (χ0n) is 15.5. The van der Waals surface area contributed by atoms with Crippen molar-refractivity contribution in [2.45, 2.75) is 19.4 Å². The molecule has 0 atom stereocenters. The van der Waals surface area contributed by atoms with Crippen LogP contribution >= 0.6 is 0 Å². The highest BCUT2D eigenvalue weighted by atomic mass is 16.2. The van der Waals surface area contributed by atoms with E-state index in [0.29, 0.717) is 19.6 Å². The number of aromatic nitrogens is 1. The summed E-state index contributed by atoms with van der Waals surface area (Å²) in [5.41, 5.74) is 3.49. The van der Waals surface area contributed by atoms with Crippen molar-refractivity contribution < 1.29 is 9.59 Å². The molecule has 7 heteroatoms. The Labute approximate surface area is 153 Å². The summed E-state index contributed by atoms with van der Waals surface area (Å²) in [5, 5.41) is 6.78. The molecule has 140 valence electrons. The van der Waals surface area contributed by atoms with Crippen LogP contribution < -0.4 is 10.6 Å². The number of benzene rings is 1. The van der Waals surface area contributed by atoms with Crippen LogP contribution in [-0.2, 0) is 17.8 Å². The Balaban J connectivity index is 1.46. The summed E-state index contributed by atoms with van der Waals surface area (Å²) < 4.78 is 0. The number of carbonyl (C=O) groups is 2. The van der Waals surface area contributed by atoms with E-state index in [1.54, 1.807) is 4.90 Å². The minimum absolute atomic E-state index is 0.0108. The standard InChI is InChI=1S/C19H27N5O2/c1-23(2)10-5-9-20-18(25)12-21-19(26)24-11-8-15-14-6-3-4-7-16(14)22-17(15)13-24/h3-4,6-7,22H,5,8-13H2,1-2H3,(H,20,25)(H,21,26). The van der Waals surface area contributed by atoms with Crippen LogP contribution in [0.4, 0.5) is 4.79 Å². The average Bonchev–Trinajstić information content (AvgIpc) is 3.00. The maximum Gasteiger partial charge on any atom is 0.318 e. The second-order valence-electron chi connectivity index (χ2n) is 6.96. The van der Waals surface area contributed by atoms with Crippen molar-refractivity contribution in [2.75, 3.05) is 40.3 Å². The van der Waals surface area contributed by atoms with Crippen LogP contribution in [0.15, 0.2) is 24.3 Å². The van der Waals surface area contributed by atoms with Gasteiger partial charge in [-0.1, -0.05) is 18.2 Å². The molecule has 2 aromatic rings. The lowest BCUT2D eigenvalue weighted by Crippen LogP contribution is -2.46. The van der Waals surface area contributed by atoms with Gasteiger partial charge in [-0.25, -0.2) is 4.79 Å². The Hall–Kier alpha value is -2.54. The molecule has 3 rings (SSSR count). The number of fused-ring (bicyclic) bond motifs is 3. The largest absolute Gasteiger partial charge is 0.357 e. The zero-order valence-corrected chi connectivity index (χ0v) is 15.5. The SMILES string of the molecule is CN(C)CCCNC(=O)CNC(=O)N1CCc2c([nH]c3ccccc23)C1. The molecule has 0 aliphatic carbocycles. The molecule has 0 saturated carbocycles. The molecule has 1 aromatic carbocycles. The molecule has 3 N–H and O–H groups in total. The van der Waals surface area contributed by atoms with E-state index in [2.05, 4.69) is 32.7 Å². The summed E-state index contributed by atoms with van der Waals surface area (Å²) >= 11 is 0. The molecule has 1 aliphatic heterocycles. The molecule has 0 fully saturated rings. The quantitative estimate of drug-likeness (QED) is 0.682. The summed E-state index contributed by atoms with van der Waals surface area (Å²) in [6, 6.07) is 8.01. The van der Waals surface area contributed by atoms with E-state index in [0.717, 1.165) is 30.6 Å². The maximum atomic E-state index is 12.4. The second-order valence-corrected chi connectivity index (χ2v) is 6.96. The van der Waals surface area contributed by atoms with Crippen molar-refractivity contribution in [1.29, 1.82) is 0 Å². The molecule has 0 bridgehead atoms. The first-order chi connectivity index (χ1) is 12.5. The third kappa shape index (κ3) is 4.35. The third-order valence-electron chi connectivity index (χ3n) is 4.67. The highest BCUT2D eigenvalue weighted by Crippen LogP contribution is 2.27. The first-order valence-electron chi connectivity index (χ1n) is 9.07. The van der Waals surface area contributed by atoms with Crippen molar-refractivity contribution in [2.24, 2.45) is 0 Å². The molecule has 0 spiro atoms. The predicted molar refractivity (Wildman–Crippen MR) is 102 cm³/mol. The van der Waals surface area contributed by atoms with Gasteiger partial charge in [-0.05, 0) is 45.1 Å². The average molecular weight is 357 g/mol. The van der Waals surface area contributed by atoms with Gasteiger partial charge < -0.3 is 25.4 Å². The fourth-order valence-corrected chi connectivity index (χ4v) is 3.32. The highest BCUT2D eigenvalue weighted by Gasteiger charge is 2.23. The first kappa shape index (κ1) is 18.3. The van der Waals surface area contributed by atoms with Gasteiger partial charge in [0.05, 0.1) is 13.1 Å². The molecule has 1 aliphatic rings. The van der Waals surface area contributed by atoms with Crippen LogP contribution in [0.1, 0.15) is 17.7 Å². The number of amides is 3. The molecule has 3 amide bonds. The number of hydrogen-bond acceptors (Lipinski definition) is 3. The number of aromatic amines is 1. The van der Waals surface area contributed by atoms with Gasteiger partial charge >= 0.3 is 6.03 Å². The smallest absolute Gasteiger partial charge is 0.318 e.